The van der Waals surface area contributed by atoms with Crippen LogP contribution in [-0.2, 0) is 6.54 Å². The molecule has 6 heteroatoms. The van der Waals surface area contributed by atoms with Gasteiger partial charge >= 0.3 is 6.03 Å². The Balaban J connectivity index is 1.90. The molecule has 0 aliphatic rings. The topological polar surface area (TPSA) is 84.2 Å². The Kier molecular flexibility index (Phi) is 4.94. The van der Waals surface area contributed by atoms with Gasteiger partial charge in [0.2, 0.25) is 0 Å². The second-order valence-corrected chi connectivity index (χ2v) is 5.27. The van der Waals surface area contributed by atoms with E-state index >= 15 is 0 Å². The van der Waals surface area contributed by atoms with Crippen LogP contribution in [0, 0.1) is 0 Å². The van der Waals surface area contributed by atoms with E-state index in [1.165, 1.54) is 0 Å². The average Bonchev–Trinajstić information content (AvgIpc) is 2.45. The van der Waals surface area contributed by atoms with Crippen LogP contribution < -0.4 is 16.4 Å². The Labute approximate surface area is 130 Å². The molecular formula is C15H14BrN3O2. The van der Waals surface area contributed by atoms with Crippen molar-refractivity contribution < 1.29 is 9.59 Å². The maximum absolute atomic E-state index is 11.9. The number of hydrogen-bond donors (Lipinski definition) is 3. The fraction of sp³-hybridized carbons (Fsp3) is 0.0667. The Bertz CT molecular complexity index is 673. The average molecular weight is 348 g/mol. The third-order valence-electron chi connectivity index (χ3n) is 2.77. The van der Waals surface area contributed by atoms with Gasteiger partial charge in [0.05, 0.1) is 5.56 Å². The lowest BCUT2D eigenvalue weighted by Gasteiger charge is -2.08. The van der Waals surface area contributed by atoms with Crippen molar-refractivity contribution in [2.24, 2.45) is 0 Å². The molecule has 0 aliphatic carbocycles. The molecule has 4 N–H and O–H groups in total. The molecule has 2 rings (SSSR count). The van der Waals surface area contributed by atoms with Gasteiger partial charge in [0.15, 0.2) is 0 Å². The molecule has 108 valence electrons. The second kappa shape index (κ2) is 6.90. The van der Waals surface area contributed by atoms with Gasteiger partial charge in [-0.25, -0.2) is 4.79 Å². The van der Waals surface area contributed by atoms with Crippen LogP contribution in [0.3, 0.4) is 0 Å². The van der Waals surface area contributed by atoms with E-state index in [1.54, 1.807) is 24.3 Å². The zero-order valence-corrected chi connectivity index (χ0v) is 12.7. The number of benzene rings is 2. The molecule has 0 aliphatic heterocycles. The first kappa shape index (κ1) is 15.1. The summed E-state index contributed by atoms with van der Waals surface area (Å²) in [6.45, 7) is 0.322. The second-order valence-electron chi connectivity index (χ2n) is 4.35. The van der Waals surface area contributed by atoms with E-state index in [0.717, 1.165) is 10.0 Å². The minimum absolute atomic E-state index is 0.273. The minimum atomic E-state index is -0.566. The summed E-state index contributed by atoms with van der Waals surface area (Å²) in [4.78, 5) is 23.6. The number of imide groups is 1. The molecule has 0 saturated carbocycles. The fourth-order valence-electron chi connectivity index (χ4n) is 1.75. The normalized spacial score (nSPS) is 9.95. The number of para-hydroxylation sites is 1. The minimum Gasteiger partial charge on any atom is -0.398 e. The molecule has 21 heavy (non-hydrogen) atoms. The van der Waals surface area contributed by atoms with E-state index in [1.807, 2.05) is 24.3 Å². The highest BCUT2D eigenvalue weighted by molar-refractivity contribution is 9.10. The van der Waals surface area contributed by atoms with Crippen molar-refractivity contribution in [1.82, 2.24) is 10.6 Å². The lowest BCUT2D eigenvalue weighted by atomic mass is 10.2. The van der Waals surface area contributed by atoms with E-state index in [9.17, 15) is 9.59 Å². The van der Waals surface area contributed by atoms with Crippen LogP contribution in [-0.4, -0.2) is 11.9 Å². The Morgan fingerprint density at radius 1 is 1.10 bits per heavy atom. The SMILES string of the molecule is Nc1ccccc1C(=O)NC(=O)NCc1cccc(Br)c1. The Morgan fingerprint density at radius 3 is 2.57 bits per heavy atom. The summed E-state index contributed by atoms with van der Waals surface area (Å²) in [5, 5.41) is 4.85. The quantitative estimate of drug-likeness (QED) is 0.746. The summed E-state index contributed by atoms with van der Waals surface area (Å²) >= 11 is 3.35. The number of nitrogens with two attached hydrogens (primary N) is 1. The van der Waals surface area contributed by atoms with Gasteiger partial charge in [0.1, 0.15) is 0 Å². The largest absolute Gasteiger partial charge is 0.398 e. The number of anilines is 1. The van der Waals surface area contributed by atoms with Crippen LogP contribution in [0.4, 0.5) is 10.5 Å². The van der Waals surface area contributed by atoms with Crippen molar-refractivity contribution in [1.29, 1.82) is 0 Å². The summed E-state index contributed by atoms with van der Waals surface area (Å²) in [7, 11) is 0. The van der Waals surface area contributed by atoms with E-state index in [0.29, 0.717) is 12.2 Å². The molecule has 0 fully saturated rings. The Morgan fingerprint density at radius 2 is 1.86 bits per heavy atom. The van der Waals surface area contributed by atoms with Crippen molar-refractivity contribution in [2.45, 2.75) is 6.54 Å². The zero-order chi connectivity index (χ0) is 15.2. The van der Waals surface area contributed by atoms with Crippen LogP contribution in [0.2, 0.25) is 0 Å². The van der Waals surface area contributed by atoms with Crippen molar-refractivity contribution >= 4 is 33.6 Å². The molecule has 2 aromatic carbocycles. The maximum atomic E-state index is 11.9. The summed E-state index contributed by atoms with van der Waals surface area (Å²) in [5.41, 5.74) is 7.21. The molecular weight excluding hydrogens is 334 g/mol. The van der Waals surface area contributed by atoms with Gasteiger partial charge in [-0.1, -0.05) is 40.2 Å². The predicted octanol–water partition coefficient (Wildman–Crippen LogP) is 2.67. The summed E-state index contributed by atoms with van der Waals surface area (Å²) in [6.07, 6.45) is 0. The van der Waals surface area contributed by atoms with Crippen molar-refractivity contribution in [2.75, 3.05) is 5.73 Å². The van der Waals surface area contributed by atoms with E-state index < -0.39 is 11.9 Å². The Hall–Kier alpha value is -2.34. The molecule has 0 heterocycles. The number of nitrogen functional groups attached to an aromatic ring is 1. The fourth-order valence-corrected chi connectivity index (χ4v) is 2.19. The highest BCUT2D eigenvalue weighted by atomic mass is 79.9. The number of amides is 3. The van der Waals surface area contributed by atoms with E-state index in [4.69, 9.17) is 5.73 Å². The van der Waals surface area contributed by atoms with Crippen LogP contribution in [0.1, 0.15) is 15.9 Å². The van der Waals surface area contributed by atoms with Gasteiger partial charge in [0.25, 0.3) is 5.91 Å². The molecule has 2 aromatic rings. The van der Waals surface area contributed by atoms with Gasteiger partial charge in [-0.3, -0.25) is 10.1 Å². The first-order chi connectivity index (χ1) is 10.1. The number of nitrogens with one attached hydrogen (secondary N) is 2. The molecule has 0 saturated heterocycles. The molecule has 0 bridgehead atoms. The molecule has 3 amide bonds. The maximum Gasteiger partial charge on any atom is 0.321 e. The third kappa shape index (κ3) is 4.32. The third-order valence-corrected chi connectivity index (χ3v) is 3.27. The van der Waals surface area contributed by atoms with Gasteiger partial charge in [-0.05, 0) is 29.8 Å². The molecule has 0 atom stereocenters. The number of hydrogen-bond acceptors (Lipinski definition) is 3. The molecule has 0 radical (unpaired) electrons. The molecule has 0 aromatic heterocycles. The monoisotopic (exact) mass is 347 g/mol. The number of urea groups is 1. The highest BCUT2D eigenvalue weighted by Gasteiger charge is 2.12. The number of carbonyl (C=O) groups excluding carboxylic acids is 2. The van der Waals surface area contributed by atoms with Gasteiger partial charge in [-0.15, -0.1) is 0 Å². The van der Waals surface area contributed by atoms with Gasteiger partial charge in [-0.2, -0.15) is 0 Å². The zero-order valence-electron chi connectivity index (χ0n) is 11.1. The lowest BCUT2D eigenvalue weighted by molar-refractivity contribution is 0.0965. The molecule has 0 unspecified atom stereocenters. The van der Waals surface area contributed by atoms with E-state index in [2.05, 4.69) is 26.6 Å². The van der Waals surface area contributed by atoms with E-state index in [-0.39, 0.29) is 5.56 Å². The molecule has 5 nitrogen and oxygen atoms in total. The van der Waals surface area contributed by atoms with Crippen molar-refractivity contribution in [3.05, 3.63) is 64.1 Å². The van der Waals surface area contributed by atoms with Gasteiger partial charge < -0.3 is 11.1 Å². The van der Waals surface area contributed by atoms with Crippen molar-refractivity contribution in [3.63, 3.8) is 0 Å². The van der Waals surface area contributed by atoms with Crippen molar-refractivity contribution in [3.8, 4) is 0 Å². The predicted molar refractivity (Wildman–Crippen MR) is 84.7 cm³/mol. The molecule has 0 spiro atoms. The number of rotatable bonds is 3. The smallest absolute Gasteiger partial charge is 0.321 e. The van der Waals surface area contributed by atoms with Crippen LogP contribution in [0.25, 0.3) is 0 Å². The van der Waals surface area contributed by atoms with Gasteiger partial charge in [0, 0.05) is 16.7 Å². The standard InChI is InChI=1S/C15H14BrN3O2/c16-11-5-3-4-10(8-11)9-18-15(21)19-14(20)12-6-1-2-7-13(12)17/h1-8H,9,17H2,(H2,18,19,20,21). The number of carbonyl (C=O) groups is 2. The summed E-state index contributed by atoms with van der Waals surface area (Å²) in [6, 6.07) is 13.5. The lowest BCUT2D eigenvalue weighted by Crippen LogP contribution is -2.39. The summed E-state index contributed by atoms with van der Waals surface area (Å²) in [5.74, 6) is -0.528. The first-order valence-electron chi connectivity index (χ1n) is 6.24. The van der Waals surface area contributed by atoms with Crippen LogP contribution in [0.5, 0.6) is 0 Å². The summed E-state index contributed by atoms with van der Waals surface area (Å²) < 4.78 is 0.926. The first-order valence-corrected chi connectivity index (χ1v) is 7.03. The highest BCUT2D eigenvalue weighted by Crippen LogP contribution is 2.11. The van der Waals surface area contributed by atoms with Crippen LogP contribution in [0.15, 0.2) is 53.0 Å². The van der Waals surface area contributed by atoms with Crippen LogP contribution >= 0.6 is 15.9 Å². The number of halogens is 1.